The number of amides is 1. The van der Waals surface area contributed by atoms with Gasteiger partial charge >= 0.3 is 0 Å². The quantitative estimate of drug-likeness (QED) is 0.470. The van der Waals surface area contributed by atoms with Gasteiger partial charge in [0, 0.05) is 23.9 Å². The van der Waals surface area contributed by atoms with Gasteiger partial charge in [-0.3, -0.25) is 9.59 Å². The van der Waals surface area contributed by atoms with Crippen LogP contribution in [0.2, 0.25) is 5.02 Å². The summed E-state index contributed by atoms with van der Waals surface area (Å²) in [6, 6.07) is 6.51. The molecule has 2 rings (SSSR count). The van der Waals surface area contributed by atoms with Crippen molar-refractivity contribution in [2.24, 2.45) is 10.2 Å². The van der Waals surface area contributed by atoms with E-state index in [1.807, 2.05) is 0 Å². The molecule has 0 aliphatic carbocycles. The van der Waals surface area contributed by atoms with Gasteiger partial charge in [-0.1, -0.05) is 11.6 Å². The van der Waals surface area contributed by atoms with Crippen molar-refractivity contribution >= 4 is 34.7 Å². The molecule has 1 unspecified atom stereocenters. The second-order valence-electron chi connectivity index (χ2n) is 5.95. The Morgan fingerprint density at radius 1 is 0.933 bits per heavy atom. The van der Waals surface area contributed by atoms with Crippen LogP contribution in [0.5, 0.6) is 23.0 Å². The summed E-state index contributed by atoms with van der Waals surface area (Å²) < 4.78 is 20.7. The van der Waals surface area contributed by atoms with Crippen molar-refractivity contribution in [3.8, 4) is 23.0 Å². The summed E-state index contributed by atoms with van der Waals surface area (Å²) in [5.74, 6) is 0.387. The predicted molar refractivity (Wildman–Crippen MR) is 112 cm³/mol. The highest BCUT2D eigenvalue weighted by atomic mass is 35.5. The highest BCUT2D eigenvalue weighted by molar-refractivity contribution is 6.33. The lowest BCUT2D eigenvalue weighted by atomic mass is 10.2. The minimum Gasteiger partial charge on any atom is -0.497 e. The van der Waals surface area contributed by atoms with E-state index in [9.17, 15) is 9.59 Å². The van der Waals surface area contributed by atoms with Crippen LogP contribution in [0.3, 0.4) is 0 Å². The Kier molecular flexibility index (Phi) is 7.99. The standard InChI is InChI=1S/C20H22ClN3O6/c1-11(25)19(24-23-14-7-6-13(27-2)10-15(14)28-3)20(26)22-12-8-16(29-4)18(21)17(9-12)30-5/h6-10,19H,1-5H3,(H,22,26). The van der Waals surface area contributed by atoms with Crippen LogP contribution < -0.4 is 24.3 Å². The van der Waals surface area contributed by atoms with Gasteiger partial charge in [0.05, 0.1) is 28.4 Å². The number of methoxy groups -OCH3 is 4. The molecular weight excluding hydrogens is 414 g/mol. The third kappa shape index (κ3) is 5.38. The van der Waals surface area contributed by atoms with Gasteiger partial charge in [-0.25, -0.2) is 0 Å². The van der Waals surface area contributed by atoms with Gasteiger partial charge in [0.15, 0.2) is 5.78 Å². The molecule has 1 N–H and O–H groups in total. The molecule has 0 fully saturated rings. The number of anilines is 1. The number of carbonyl (C=O) groups is 2. The van der Waals surface area contributed by atoms with Crippen molar-refractivity contribution in [1.29, 1.82) is 0 Å². The third-order valence-electron chi connectivity index (χ3n) is 4.01. The van der Waals surface area contributed by atoms with E-state index in [0.29, 0.717) is 34.4 Å². The number of nitrogens with zero attached hydrogens (tertiary/aromatic N) is 2. The first-order valence-electron chi connectivity index (χ1n) is 8.70. The minimum absolute atomic E-state index is 0.257. The molecule has 1 atom stereocenters. The van der Waals surface area contributed by atoms with E-state index in [0.717, 1.165) is 0 Å². The van der Waals surface area contributed by atoms with Gasteiger partial charge in [-0.15, -0.1) is 0 Å². The molecule has 0 saturated heterocycles. The molecule has 30 heavy (non-hydrogen) atoms. The molecular formula is C20H22ClN3O6. The zero-order chi connectivity index (χ0) is 22.3. The lowest BCUT2D eigenvalue weighted by molar-refractivity contribution is -0.126. The predicted octanol–water partition coefficient (Wildman–Crippen LogP) is 4.05. The van der Waals surface area contributed by atoms with Crippen LogP contribution in [0.15, 0.2) is 40.6 Å². The van der Waals surface area contributed by atoms with E-state index >= 15 is 0 Å². The number of halogens is 1. The van der Waals surface area contributed by atoms with Gasteiger partial charge in [0.2, 0.25) is 6.04 Å². The summed E-state index contributed by atoms with van der Waals surface area (Å²) in [5, 5.41) is 10.8. The Labute approximate surface area is 178 Å². The second kappa shape index (κ2) is 10.4. The van der Waals surface area contributed by atoms with Crippen LogP contribution in [-0.2, 0) is 9.59 Å². The number of ether oxygens (including phenoxy) is 4. The van der Waals surface area contributed by atoms with E-state index in [4.69, 9.17) is 30.5 Å². The summed E-state index contributed by atoms with van der Waals surface area (Å²) in [7, 11) is 5.85. The molecule has 0 saturated carbocycles. The second-order valence-corrected chi connectivity index (χ2v) is 6.33. The van der Waals surface area contributed by atoms with Crippen molar-refractivity contribution in [1.82, 2.24) is 0 Å². The van der Waals surface area contributed by atoms with Crippen molar-refractivity contribution in [3.05, 3.63) is 35.4 Å². The zero-order valence-electron chi connectivity index (χ0n) is 17.2. The number of rotatable bonds is 9. The van der Waals surface area contributed by atoms with Gasteiger partial charge in [0.1, 0.15) is 33.7 Å². The van der Waals surface area contributed by atoms with Crippen LogP contribution in [0.25, 0.3) is 0 Å². The molecule has 0 aliphatic heterocycles. The number of Topliss-reactive ketones (excluding diaryl/α,β-unsaturated/α-hetero) is 1. The first-order chi connectivity index (χ1) is 14.3. The summed E-state index contributed by atoms with van der Waals surface area (Å²) >= 11 is 6.13. The van der Waals surface area contributed by atoms with Gasteiger partial charge in [0.25, 0.3) is 5.91 Å². The molecule has 0 aliphatic rings. The van der Waals surface area contributed by atoms with Crippen molar-refractivity contribution < 1.29 is 28.5 Å². The van der Waals surface area contributed by atoms with Crippen LogP contribution in [0.1, 0.15) is 6.92 Å². The van der Waals surface area contributed by atoms with E-state index < -0.39 is 17.7 Å². The fourth-order valence-electron chi connectivity index (χ4n) is 2.46. The number of hydrogen-bond donors (Lipinski definition) is 1. The molecule has 9 nitrogen and oxygen atoms in total. The SMILES string of the molecule is COc1ccc(N=NC(C(C)=O)C(=O)Nc2cc(OC)c(Cl)c(OC)c2)c(OC)c1. The topological polar surface area (TPSA) is 108 Å². The Bertz CT molecular complexity index is 939. The number of carbonyl (C=O) groups excluding carboxylic acids is 2. The molecule has 0 bridgehead atoms. The van der Waals surface area contributed by atoms with E-state index in [1.165, 1.54) is 47.5 Å². The molecule has 0 aromatic heterocycles. The molecule has 160 valence electrons. The molecule has 0 spiro atoms. The maximum Gasteiger partial charge on any atom is 0.258 e. The number of ketones is 1. The third-order valence-corrected chi connectivity index (χ3v) is 4.39. The van der Waals surface area contributed by atoms with Crippen LogP contribution in [0, 0.1) is 0 Å². The Morgan fingerprint density at radius 3 is 2.03 bits per heavy atom. The van der Waals surface area contributed by atoms with Crippen molar-refractivity contribution in [2.45, 2.75) is 13.0 Å². The highest BCUT2D eigenvalue weighted by Crippen LogP contribution is 2.37. The smallest absolute Gasteiger partial charge is 0.258 e. The van der Waals surface area contributed by atoms with E-state index in [-0.39, 0.29) is 5.02 Å². The Hall–Kier alpha value is -3.33. The average Bonchev–Trinajstić information content (AvgIpc) is 2.74. The monoisotopic (exact) mass is 435 g/mol. The summed E-state index contributed by atoms with van der Waals surface area (Å²) in [6.07, 6.45) is 0. The van der Waals surface area contributed by atoms with Gasteiger partial charge < -0.3 is 24.3 Å². The summed E-state index contributed by atoms with van der Waals surface area (Å²) in [6.45, 7) is 1.25. The lowest BCUT2D eigenvalue weighted by Crippen LogP contribution is -2.31. The number of hydrogen-bond acceptors (Lipinski definition) is 8. The fraction of sp³-hybridized carbons (Fsp3) is 0.300. The lowest BCUT2D eigenvalue weighted by Gasteiger charge is -2.14. The zero-order valence-corrected chi connectivity index (χ0v) is 17.9. The normalized spacial score (nSPS) is 11.7. The first kappa shape index (κ1) is 23.0. The maximum absolute atomic E-state index is 12.7. The molecule has 10 heteroatoms. The molecule has 1 amide bonds. The van der Waals surface area contributed by atoms with Crippen LogP contribution >= 0.6 is 11.6 Å². The average molecular weight is 436 g/mol. The Balaban J connectivity index is 2.28. The molecule has 2 aromatic carbocycles. The maximum atomic E-state index is 12.7. The molecule has 0 heterocycles. The molecule has 0 radical (unpaired) electrons. The fourth-order valence-corrected chi connectivity index (χ4v) is 2.72. The van der Waals surface area contributed by atoms with Crippen LogP contribution in [0.4, 0.5) is 11.4 Å². The van der Waals surface area contributed by atoms with E-state index in [1.54, 1.807) is 18.2 Å². The van der Waals surface area contributed by atoms with Gasteiger partial charge in [-0.2, -0.15) is 10.2 Å². The van der Waals surface area contributed by atoms with Crippen LogP contribution in [-0.4, -0.2) is 46.2 Å². The summed E-state index contributed by atoms with van der Waals surface area (Å²) in [5.41, 5.74) is 0.661. The number of nitrogens with one attached hydrogen (secondary N) is 1. The van der Waals surface area contributed by atoms with E-state index in [2.05, 4.69) is 15.5 Å². The highest BCUT2D eigenvalue weighted by Gasteiger charge is 2.24. The largest absolute Gasteiger partial charge is 0.497 e. The molecule has 2 aromatic rings. The number of benzene rings is 2. The first-order valence-corrected chi connectivity index (χ1v) is 9.08. The Morgan fingerprint density at radius 2 is 1.53 bits per heavy atom. The van der Waals surface area contributed by atoms with Crippen molar-refractivity contribution in [3.63, 3.8) is 0 Å². The van der Waals surface area contributed by atoms with Crippen molar-refractivity contribution in [2.75, 3.05) is 33.8 Å². The van der Waals surface area contributed by atoms with Gasteiger partial charge in [-0.05, 0) is 19.1 Å². The number of azo groups is 1. The summed E-state index contributed by atoms with van der Waals surface area (Å²) in [4.78, 5) is 24.7. The minimum atomic E-state index is -1.37.